The maximum absolute atomic E-state index is 6.22. The normalized spacial score (nSPS) is 12.6. The second kappa shape index (κ2) is 6.90. The molecule has 0 fully saturated rings. The minimum Gasteiger partial charge on any atom is -0.383 e. The molecule has 2 N–H and O–H groups in total. The Labute approximate surface area is 165 Å². The smallest absolute Gasteiger partial charge is 0.214 e. The van der Waals surface area contributed by atoms with E-state index < -0.39 is 0 Å². The molecule has 0 aliphatic carbocycles. The number of para-hydroxylation sites is 1. The number of tetrazole rings is 1. The standard InChI is InChI=1S/C18H19N7S2/c1-9-7-5-6-8-13(9)25-18(22-23-24-25)27-12(4)16-20-15(19)14-10(2)11(3)26-17(14)21-16/h5-8,12H,1-4H3,(H2,19,20,21). The first-order chi connectivity index (χ1) is 13.0. The van der Waals surface area contributed by atoms with E-state index in [4.69, 9.17) is 10.7 Å². The van der Waals surface area contributed by atoms with E-state index in [0.29, 0.717) is 16.8 Å². The Morgan fingerprint density at radius 2 is 1.93 bits per heavy atom. The average molecular weight is 398 g/mol. The van der Waals surface area contributed by atoms with Gasteiger partial charge in [-0.05, 0) is 55.3 Å². The van der Waals surface area contributed by atoms with Crippen LogP contribution in [0.2, 0.25) is 0 Å². The number of aromatic nitrogens is 6. The molecule has 1 atom stereocenters. The summed E-state index contributed by atoms with van der Waals surface area (Å²) in [6, 6.07) is 8.00. The molecule has 9 heteroatoms. The van der Waals surface area contributed by atoms with Crippen molar-refractivity contribution in [2.24, 2.45) is 0 Å². The highest BCUT2D eigenvalue weighted by Gasteiger charge is 2.20. The number of nitrogens with two attached hydrogens (primary N) is 1. The van der Waals surface area contributed by atoms with Crippen LogP contribution in [0.25, 0.3) is 15.9 Å². The molecule has 1 unspecified atom stereocenters. The first-order valence-electron chi connectivity index (χ1n) is 8.50. The molecular weight excluding hydrogens is 378 g/mol. The number of hydrogen-bond acceptors (Lipinski definition) is 8. The van der Waals surface area contributed by atoms with Gasteiger partial charge in [0.2, 0.25) is 5.16 Å². The van der Waals surface area contributed by atoms with Gasteiger partial charge in [0.15, 0.2) is 0 Å². The maximum atomic E-state index is 6.22. The lowest BCUT2D eigenvalue weighted by molar-refractivity contribution is 0.750. The molecule has 3 aromatic heterocycles. The van der Waals surface area contributed by atoms with Crippen LogP contribution in [-0.2, 0) is 0 Å². The number of rotatable bonds is 4. The van der Waals surface area contributed by atoms with Gasteiger partial charge in [0.1, 0.15) is 16.5 Å². The molecule has 4 aromatic rings. The molecule has 0 aliphatic rings. The summed E-state index contributed by atoms with van der Waals surface area (Å²) in [5.74, 6) is 1.22. The first-order valence-corrected chi connectivity index (χ1v) is 10.2. The number of benzene rings is 1. The third kappa shape index (κ3) is 3.17. The van der Waals surface area contributed by atoms with Crippen molar-refractivity contribution in [2.45, 2.75) is 38.1 Å². The number of thioether (sulfide) groups is 1. The zero-order valence-corrected chi connectivity index (χ0v) is 17.1. The highest BCUT2D eigenvalue weighted by atomic mass is 32.2. The SMILES string of the molecule is Cc1ccccc1-n1nnnc1SC(C)c1nc(N)c2c(C)c(C)sc2n1. The maximum Gasteiger partial charge on any atom is 0.214 e. The zero-order chi connectivity index (χ0) is 19.1. The third-order valence-electron chi connectivity index (χ3n) is 4.50. The Morgan fingerprint density at radius 1 is 1.15 bits per heavy atom. The summed E-state index contributed by atoms with van der Waals surface area (Å²) in [6.07, 6.45) is 0. The van der Waals surface area contributed by atoms with E-state index in [-0.39, 0.29) is 5.25 Å². The Bertz CT molecular complexity index is 1130. The van der Waals surface area contributed by atoms with Crippen molar-refractivity contribution in [3.63, 3.8) is 0 Å². The van der Waals surface area contributed by atoms with E-state index in [1.807, 2.05) is 38.1 Å². The van der Waals surface area contributed by atoms with Crippen molar-refractivity contribution in [3.8, 4) is 5.69 Å². The molecule has 0 aliphatic heterocycles. The van der Waals surface area contributed by atoms with E-state index in [2.05, 4.69) is 34.4 Å². The quantitative estimate of drug-likeness (QED) is 0.519. The van der Waals surface area contributed by atoms with Crippen molar-refractivity contribution in [1.82, 2.24) is 30.2 Å². The number of fused-ring (bicyclic) bond motifs is 1. The van der Waals surface area contributed by atoms with Crippen LogP contribution >= 0.6 is 23.1 Å². The fourth-order valence-electron chi connectivity index (χ4n) is 2.90. The van der Waals surface area contributed by atoms with Crippen LogP contribution < -0.4 is 5.73 Å². The molecule has 0 radical (unpaired) electrons. The lowest BCUT2D eigenvalue weighted by Crippen LogP contribution is -2.05. The minimum atomic E-state index is -0.0480. The van der Waals surface area contributed by atoms with Crippen LogP contribution in [0.15, 0.2) is 29.4 Å². The number of thiophene rings is 1. The molecule has 7 nitrogen and oxygen atoms in total. The van der Waals surface area contributed by atoms with Crippen molar-refractivity contribution in [1.29, 1.82) is 0 Å². The first kappa shape index (κ1) is 17.9. The van der Waals surface area contributed by atoms with E-state index in [9.17, 15) is 0 Å². The highest BCUT2D eigenvalue weighted by Crippen LogP contribution is 2.37. The van der Waals surface area contributed by atoms with Crippen molar-refractivity contribution >= 4 is 39.1 Å². The molecule has 1 aromatic carbocycles. The summed E-state index contributed by atoms with van der Waals surface area (Å²) in [5, 5.41) is 13.8. The van der Waals surface area contributed by atoms with Crippen molar-refractivity contribution in [2.75, 3.05) is 5.73 Å². The molecule has 3 heterocycles. The molecule has 27 heavy (non-hydrogen) atoms. The van der Waals surface area contributed by atoms with Crippen molar-refractivity contribution in [3.05, 3.63) is 46.1 Å². The molecule has 0 bridgehead atoms. The third-order valence-corrected chi connectivity index (χ3v) is 6.64. The van der Waals surface area contributed by atoms with Gasteiger partial charge < -0.3 is 5.73 Å². The van der Waals surface area contributed by atoms with E-state index >= 15 is 0 Å². The summed E-state index contributed by atoms with van der Waals surface area (Å²) < 4.78 is 1.75. The van der Waals surface area contributed by atoms with Gasteiger partial charge in [-0.15, -0.1) is 16.4 Å². The summed E-state index contributed by atoms with van der Waals surface area (Å²) in [4.78, 5) is 11.4. The highest BCUT2D eigenvalue weighted by molar-refractivity contribution is 7.99. The van der Waals surface area contributed by atoms with Gasteiger partial charge in [-0.1, -0.05) is 30.0 Å². The van der Waals surface area contributed by atoms with Crippen LogP contribution in [0.1, 0.15) is 34.0 Å². The topological polar surface area (TPSA) is 95.4 Å². The number of hydrogen-bond donors (Lipinski definition) is 1. The Morgan fingerprint density at radius 3 is 2.70 bits per heavy atom. The van der Waals surface area contributed by atoms with E-state index in [1.165, 1.54) is 16.6 Å². The van der Waals surface area contributed by atoms with Gasteiger partial charge in [-0.3, -0.25) is 0 Å². The van der Waals surface area contributed by atoms with Gasteiger partial charge in [-0.25, -0.2) is 9.97 Å². The monoisotopic (exact) mass is 397 g/mol. The minimum absolute atomic E-state index is 0.0480. The molecule has 4 rings (SSSR count). The summed E-state index contributed by atoms with van der Waals surface area (Å²) in [5.41, 5.74) is 9.44. The molecule has 138 valence electrons. The second-order valence-corrected chi connectivity index (χ2v) is 8.86. The summed E-state index contributed by atoms with van der Waals surface area (Å²) in [7, 11) is 0. The number of aryl methyl sites for hydroxylation is 3. The molecular formula is C18H19N7S2. The lowest BCUT2D eigenvalue weighted by atomic mass is 10.2. The number of anilines is 1. The average Bonchev–Trinajstić information content (AvgIpc) is 3.20. The van der Waals surface area contributed by atoms with Crippen LogP contribution in [0.3, 0.4) is 0 Å². The van der Waals surface area contributed by atoms with Gasteiger partial charge >= 0.3 is 0 Å². The van der Waals surface area contributed by atoms with Crippen LogP contribution in [-0.4, -0.2) is 30.2 Å². The fourth-order valence-corrected chi connectivity index (χ4v) is 4.78. The Balaban J connectivity index is 1.68. The predicted octanol–water partition coefficient (Wildman–Crippen LogP) is 4.03. The second-order valence-electron chi connectivity index (χ2n) is 6.35. The van der Waals surface area contributed by atoms with Crippen LogP contribution in [0.4, 0.5) is 5.82 Å². The van der Waals surface area contributed by atoms with Crippen LogP contribution in [0.5, 0.6) is 0 Å². The molecule has 0 saturated heterocycles. The van der Waals surface area contributed by atoms with E-state index in [0.717, 1.165) is 27.0 Å². The summed E-state index contributed by atoms with van der Waals surface area (Å²) >= 11 is 3.16. The molecule has 0 saturated carbocycles. The van der Waals surface area contributed by atoms with Crippen molar-refractivity contribution < 1.29 is 0 Å². The van der Waals surface area contributed by atoms with Crippen LogP contribution in [0, 0.1) is 20.8 Å². The van der Waals surface area contributed by atoms with Gasteiger partial charge in [0.25, 0.3) is 0 Å². The predicted molar refractivity (Wildman–Crippen MR) is 109 cm³/mol. The summed E-state index contributed by atoms with van der Waals surface area (Å²) in [6.45, 7) is 8.21. The largest absolute Gasteiger partial charge is 0.383 e. The molecule has 0 spiro atoms. The molecule has 0 amide bonds. The lowest BCUT2D eigenvalue weighted by Gasteiger charge is -2.11. The van der Waals surface area contributed by atoms with Gasteiger partial charge in [-0.2, -0.15) is 4.68 Å². The van der Waals surface area contributed by atoms with Gasteiger partial charge in [0, 0.05) is 4.88 Å². The zero-order valence-electron chi connectivity index (χ0n) is 15.5. The number of nitrogens with zero attached hydrogens (tertiary/aromatic N) is 6. The number of nitrogen functional groups attached to an aromatic ring is 1. The van der Waals surface area contributed by atoms with E-state index in [1.54, 1.807) is 16.0 Å². The Hall–Kier alpha value is -2.52. The Kier molecular flexibility index (Phi) is 4.56. The fraction of sp³-hybridized carbons (Fsp3) is 0.278. The van der Waals surface area contributed by atoms with Gasteiger partial charge in [0.05, 0.1) is 16.3 Å².